The van der Waals surface area contributed by atoms with Crippen LogP contribution in [-0.4, -0.2) is 89.2 Å². The second-order valence-corrected chi connectivity index (χ2v) is 23.8. The van der Waals surface area contributed by atoms with Crippen molar-refractivity contribution in [2.75, 3.05) is 13.2 Å². The van der Waals surface area contributed by atoms with Gasteiger partial charge in [-0.15, -0.1) is 0 Å². The molecule has 0 spiro atoms. The van der Waals surface area contributed by atoms with E-state index in [4.69, 9.17) is 23.7 Å². The predicted molar refractivity (Wildman–Crippen MR) is 358 cm³/mol. The van der Waals surface area contributed by atoms with Crippen LogP contribution in [-0.2, 0) is 42.9 Å². The van der Waals surface area contributed by atoms with E-state index in [0.29, 0.717) is 19.3 Å². The van der Waals surface area contributed by atoms with Crippen LogP contribution in [0.5, 0.6) is 0 Å². The zero-order chi connectivity index (χ0) is 63.1. The summed E-state index contributed by atoms with van der Waals surface area (Å²) in [7, 11) is 0. The third kappa shape index (κ3) is 51.1. The Balaban J connectivity index is 2.67. The Hall–Kier alpha value is -4.36. The molecule has 12 heteroatoms. The number of aliphatic hydroxyl groups is 2. The van der Waals surface area contributed by atoms with Crippen LogP contribution in [0.3, 0.4) is 0 Å². The number of unbranched alkanes of at least 4 members (excludes halogenated alkanes) is 30. The van der Waals surface area contributed by atoms with Crippen LogP contribution >= 0.6 is 0 Å². The zero-order valence-corrected chi connectivity index (χ0v) is 55.2. The highest BCUT2D eigenvalue weighted by atomic mass is 16.7. The number of esters is 3. The van der Waals surface area contributed by atoms with E-state index in [1.807, 2.05) is 12.2 Å². The van der Waals surface area contributed by atoms with Crippen LogP contribution in [0.4, 0.5) is 0 Å². The highest BCUT2D eigenvalue weighted by Gasteiger charge is 2.50. The zero-order valence-electron chi connectivity index (χ0n) is 55.2. The third-order valence-electron chi connectivity index (χ3n) is 15.7. The molecule has 1 rings (SSSR count). The molecule has 0 radical (unpaired) electrons. The summed E-state index contributed by atoms with van der Waals surface area (Å²) in [6, 6.07) is 0. The SMILES string of the molecule is CC/C=C\C/C=C\C/C=C\C/C=C\C/C=C\C/C=C\CCC(=O)OCC(COC1OC(C(=O)O)C(O)C(O)C1OC(=O)CCCCCCCCCCC/C=C\C/C=C\CCCCC)OC(=O)CCCCCCCCCCCCCCCCCCCCC. The molecule has 0 aromatic heterocycles. The molecule has 1 saturated heterocycles. The maximum absolute atomic E-state index is 13.2. The van der Waals surface area contributed by atoms with E-state index in [-0.39, 0.29) is 25.9 Å². The van der Waals surface area contributed by atoms with Gasteiger partial charge in [0.25, 0.3) is 0 Å². The molecule has 498 valence electrons. The van der Waals surface area contributed by atoms with Crippen molar-refractivity contribution in [3.05, 3.63) is 97.2 Å². The first-order valence-electron chi connectivity index (χ1n) is 35.2. The number of ether oxygens (including phenoxy) is 5. The fourth-order valence-corrected chi connectivity index (χ4v) is 10.3. The van der Waals surface area contributed by atoms with E-state index in [1.54, 1.807) is 0 Å². The van der Waals surface area contributed by atoms with E-state index >= 15 is 0 Å². The minimum Gasteiger partial charge on any atom is -0.479 e. The molecule has 0 aliphatic carbocycles. The van der Waals surface area contributed by atoms with E-state index in [9.17, 15) is 34.5 Å². The average molecular weight is 1220 g/mol. The molecule has 0 bridgehead atoms. The standard InChI is InChI=1S/C75H126O12/c1-4-7-10-13-16-19-22-25-28-31-34-37-40-43-46-49-52-55-58-61-67(76)83-64-66(85-68(77)62-59-56-53-50-47-44-41-38-35-32-29-26-23-20-17-14-11-8-5-2)65-84-75-73(71(80)70(79)72(87-75)74(81)82)86-69(78)63-60-57-54-51-48-45-42-39-36-33-30-27-24-21-18-15-12-9-6-3/h7,10,16,18-19,21,25,27-28,30,34,37,43,46,52,55,66,70-73,75,79-80H,4-6,8-9,11-15,17,20,22-24,26,29,31-33,35-36,38-42,44-45,47-51,53-54,56-65H2,1-3H3,(H,81,82)/b10-7-,19-16-,21-18-,28-25-,30-27-,37-34-,46-43-,55-52-. The maximum Gasteiger partial charge on any atom is 0.335 e. The molecule has 1 heterocycles. The van der Waals surface area contributed by atoms with E-state index < -0.39 is 67.3 Å². The van der Waals surface area contributed by atoms with Crippen LogP contribution in [0.25, 0.3) is 0 Å². The highest BCUT2D eigenvalue weighted by molar-refractivity contribution is 5.74. The van der Waals surface area contributed by atoms with Crippen molar-refractivity contribution in [1.29, 1.82) is 0 Å². The van der Waals surface area contributed by atoms with Gasteiger partial charge in [-0.25, -0.2) is 4.79 Å². The number of carboxylic acids is 1. The number of carboxylic acid groups (broad SMARTS) is 1. The van der Waals surface area contributed by atoms with Crippen LogP contribution < -0.4 is 0 Å². The molecule has 0 saturated carbocycles. The minimum absolute atomic E-state index is 0.0464. The topological polar surface area (TPSA) is 175 Å². The monoisotopic (exact) mass is 1220 g/mol. The fourth-order valence-electron chi connectivity index (χ4n) is 10.3. The molecule has 1 aliphatic heterocycles. The lowest BCUT2D eigenvalue weighted by atomic mass is 9.98. The molecule has 6 atom stereocenters. The van der Waals surface area contributed by atoms with Crippen LogP contribution in [0.1, 0.15) is 303 Å². The molecule has 6 unspecified atom stereocenters. The van der Waals surface area contributed by atoms with Crippen molar-refractivity contribution >= 4 is 23.9 Å². The maximum atomic E-state index is 13.2. The van der Waals surface area contributed by atoms with E-state index in [1.165, 1.54) is 148 Å². The van der Waals surface area contributed by atoms with Gasteiger partial charge in [0, 0.05) is 19.3 Å². The van der Waals surface area contributed by atoms with Gasteiger partial charge in [-0.3, -0.25) is 14.4 Å². The molecular formula is C75H126O12. The van der Waals surface area contributed by atoms with Crippen molar-refractivity contribution in [2.45, 2.75) is 340 Å². The Morgan fingerprint density at radius 2 is 0.747 bits per heavy atom. The summed E-state index contributed by atoms with van der Waals surface area (Å²) in [6.07, 6.45) is 70.9. The average Bonchev–Trinajstić information content (AvgIpc) is 2.56. The second kappa shape index (κ2) is 61.9. The summed E-state index contributed by atoms with van der Waals surface area (Å²) in [5, 5.41) is 31.7. The molecule has 0 aromatic rings. The molecule has 0 amide bonds. The summed E-state index contributed by atoms with van der Waals surface area (Å²) < 4.78 is 28.5. The Morgan fingerprint density at radius 1 is 0.391 bits per heavy atom. The van der Waals surface area contributed by atoms with Crippen molar-refractivity contribution in [1.82, 2.24) is 0 Å². The van der Waals surface area contributed by atoms with Gasteiger partial charge in [0.2, 0.25) is 0 Å². The van der Waals surface area contributed by atoms with Gasteiger partial charge in [-0.2, -0.15) is 0 Å². The van der Waals surface area contributed by atoms with Crippen LogP contribution in [0.15, 0.2) is 97.2 Å². The number of carbonyl (C=O) groups is 4. The Kier molecular flexibility index (Phi) is 57.3. The smallest absolute Gasteiger partial charge is 0.335 e. The lowest BCUT2D eigenvalue weighted by Gasteiger charge is -2.40. The summed E-state index contributed by atoms with van der Waals surface area (Å²) in [6.45, 7) is 5.84. The van der Waals surface area contributed by atoms with E-state index in [2.05, 4.69) is 106 Å². The van der Waals surface area contributed by atoms with Crippen molar-refractivity contribution in [3.63, 3.8) is 0 Å². The summed E-state index contributed by atoms with van der Waals surface area (Å²) in [4.78, 5) is 51.5. The number of aliphatic carboxylic acids is 1. The summed E-state index contributed by atoms with van der Waals surface area (Å²) >= 11 is 0. The first kappa shape index (κ1) is 80.7. The number of allylic oxidation sites excluding steroid dienone is 16. The lowest BCUT2D eigenvalue weighted by Crippen LogP contribution is -2.61. The van der Waals surface area contributed by atoms with Crippen molar-refractivity contribution in [2.24, 2.45) is 0 Å². The van der Waals surface area contributed by atoms with Crippen LogP contribution in [0, 0.1) is 0 Å². The number of rotatable bonds is 60. The quantitative estimate of drug-likeness (QED) is 0.0228. The lowest BCUT2D eigenvalue weighted by molar-refractivity contribution is -0.301. The molecular weight excluding hydrogens is 1090 g/mol. The number of aliphatic hydroxyl groups excluding tert-OH is 2. The summed E-state index contributed by atoms with van der Waals surface area (Å²) in [5.74, 6) is -3.22. The number of hydrogen-bond acceptors (Lipinski definition) is 11. The number of hydrogen-bond donors (Lipinski definition) is 3. The van der Waals surface area contributed by atoms with Crippen molar-refractivity contribution in [3.8, 4) is 0 Å². The molecule has 12 nitrogen and oxygen atoms in total. The number of carbonyl (C=O) groups excluding carboxylic acids is 3. The third-order valence-corrected chi connectivity index (χ3v) is 15.7. The van der Waals surface area contributed by atoms with Gasteiger partial charge in [0.15, 0.2) is 24.6 Å². The Labute approximate surface area is 530 Å². The van der Waals surface area contributed by atoms with Gasteiger partial charge >= 0.3 is 23.9 Å². The van der Waals surface area contributed by atoms with Gasteiger partial charge in [0.05, 0.1) is 6.61 Å². The first-order valence-corrected chi connectivity index (χ1v) is 35.2. The van der Waals surface area contributed by atoms with Gasteiger partial charge in [-0.05, 0) is 89.9 Å². The van der Waals surface area contributed by atoms with Gasteiger partial charge < -0.3 is 39.0 Å². The molecule has 1 aliphatic rings. The van der Waals surface area contributed by atoms with Crippen LogP contribution in [0.2, 0.25) is 0 Å². The molecule has 3 N–H and O–H groups in total. The minimum atomic E-state index is -1.92. The van der Waals surface area contributed by atoms with Gasteiger partial charge in [0.1, 0.15) is 18.8 Å². The highest BCUT2D eigenvalue weighted by Crippen LogP contribution is 2.27. The Morgan fingerprint density at radius 3 is 1.17 bits per heavy atom. The second-order valence-electron chi connectivity index (χ2n) is 23.8. The van der Waals surface area contributed by atoms with E-state index in [0.717, 1.165) is 96.3 Å². The van der Waals surface area contributed by atoms with Crippen molar-refractivity contribution < 1.29 is 58.2 Å². The predicted octanol–water partition coefficient (Wildman–Crippen LogP) is 19.6. The summed E-state index contributed by atoms with van der Waals surface area (Å²) in [5.41, 5.74) is 0. The normalized spacial score (nSPS) is 17.9. The molecule has 87 heavy (non-hydrogen) atoms. The fraction of sp³-hybridized carbons (Fsp3) is 0.733. The largest absolute Gasteiger partial charge is 0.479 e. The van der Waals surface area contributed by atoms with Gasteiger partial charge in [-0.1, -0.05) is 291 Å². The Bertz CT molecular complexity index is 1880. The first-order chi connectivity index (χ1) is 42.6. The molecule has 1 fully saturated rings. The molecule has 0 aromatic carbocycles.